The molecule has 4 heteroatoms. The molecule has 3 nitrogen and oxygen atoms in total. The van der Waals surface area contributed by atoms with Crippen LogP contribution < -0.4 is 5.73 Å². The van der Waals surface area contributed by atoms with Crippen molar-refractivity contribution in [2.75, 3.05) is 0 Å². The Balaban J connectivity index is 2.58. The van der Waals surface area contributed by atoms with Crippen LogP contribution in [0.3, 0.4) is 0 Å². The molecule has 0 saturated heterocycles. The highest BCUT2D eigenvalue weighted by Crippen LogP contribution is 2.09. The molecule has 0 radical (unpaired) electrons. The molecule has 1 aromatic rings. The third-order valence-electron chi connectivity index (χ3n) is 1.28. The second kappa shape index (κ2) is 3.78. The van der Waals surface area contributed by atoms with E-state index < -0.39 is 0 Å². The molecule has 0 amide bonds. The monoisotopic (exact) mass is 171 g/mol. The van der Waals surface area contributed by atoms with Crippen LogP contribution in [0.5, 0.6) is 0 Å². The Kier molecular flexibility index (Phi) is 2.96. The molecule has 1 heterocycles. The fourth-order valence-corrected chi connectivity index (χ4v) is 1.69. The summed E-state index contributed by atoms with van der Waals surface area (Å²) in [5.41, 5.74) is 5.38. The van der Waals surface area contributed by atoms with Crippen LogP contribution in [0.25, 0.3) is 0 Å². The first kappa shape index (κ1) is 8.62. The molecule has 11 heavy (non-hydrogen) atoms. The molecule has 0 fully saturated rings. The third-order valence-corrected chi connectivity index (χ3v) is 2.05. The Labute approximate surface area is 70.8 Å². The summed E-state index contributed by atoms with van der Waals surface area (Å²) in [5.74, 6) is 1.42. The van der Waals surface area contributed by atoms with E-state index in [-0.39, 0.29) is 0 Å². The zero-order valence-corrected chi connectivity index (χ0v) is 7.69. The van der Waals surface area contributed by atoms with E-state index in [1.807, 2.05) is 0 Å². The molecule has 0 bridgehead atoms. The van der Waals surface area contributed by atoms with Crippen molar-refractivity contribution in [2.45, 2.75) is 26.8 Å². The second-order valence-corrected chi connectivity index (χ2v) is 3.74. The summed E-state index contributed by atoms with van der Waals surface area (Å²) in [6.07, 6.45) is 1.01. The predicted octanol–water partition coefficient (Wildman–Crippen LogP) is 1.20. The van der Waals surface area contributed by atoms with E-state index >= 15 is 0 Å². The van der Waals surface area contributed by atoms with Gasteiger partial charge in [-0.15, -0.1) is 0 Å². The van der Waals surface area contributed by atoms with E-state index in [9.17, 15) is 0 Å². The Bertz CT molecular complexity index is 219. The van der Waals surface area contributed by atoms with Gasteiger partial charge in [0.05, 0.1) is 6.54 Å². The Morgan fingerprint density at radius 1 is 1.55 bits per heavy atom. The fraction of sp³-hybridized carbons (Fsp3) is 0.714. The van der Waals surface area contributed by atoms with Gasteiger partial charge in [-0.05, 0) is 17.5 Å². The van der Waals surface area contributed by atoms with Crippen LogP contribution in [0.15, 0.2) is 0 Å². The molecule has 1 rings (SSSR count). The van der Waals surface area contributed by atoms with E-state index in [2.05, 4.69) is 23.2 Å². The van der Waals surface area contributed by atoms with Gasteiger partial charge < -0.3 is 5.73 Å². The summed E-state index contributed by atoms with van der Waals surface area (Å²) in [5, 5.41) is 1.10. The highest BCUT2D eigenvalue weighted by molar-refractivity contribution is 7.05. The lowest BCUT2D eigenvalue weighted by molar-refractivity contribution is 0.642. The molecule has 0 saturated carbocycles. The molecule has 0 atom stereocenters. The predicted molar refractivity (Wildman–Crippen MR) is 46.3 cm³/mol. The summed E-state index contributed by atoms with van der Waals surface area (Å²) in [7, 11) is 0. The molecule has 0 aliphatic carbocycles. The highest BCUT2D eigenvalue weighted by atomic mass is 32.1. The summed E-state index contributed by atoms with van der Waals surface area (Å²) in [6, 6.07) is 0. The molecule has 1 aromatic heterocycles. The van der Waals surface area contributed by atoms with Crippen molar-refractivity contribution in [1.82, 2.24) is 9.36 Å². The fourth-order valence-electron chi connectivity index (χ4n) is 0.805. The van der Waals surface area contributed by atoms with Crippen LogP contribution in [0.4, 0.5) is 0 Å². The topological polar surface area (TPSA) is 51.8 Å². The molecule has 0 aliphatic rings. The van der Waals surface area contributed by atoms with E-state index in [4.69, 9.17) is 5.73 Å². The van der Waals surface area contributed by atoms with Crippen LogP contribution in [0, 0.1) is 5.92 Å². The maximum Gasteiger partial charge on any atom is 0.156 e. The Hall–Kier alpha value is -0.480. The second-order valence-electron chi connectivity index (χ2n) is 2.91. The van der Waals surface area contributed by atoms with Gasteiger partial charge in [0.2, 0.25) is 0 Å². The van der Waals surface area contributed by atoms with Crippen LogP contribution in [0.2, 0.25) is 0 Å². The lowest BCUT2D eigenvalue weighted by Gasteiger charge is -1.96. The number of nitrogens with two attached hydrogens (primary N) is 1. The number of aromatic nitrogens is 2. The first-order valence-corrected chi connectivity index (χ1v) is 4.51. The first-order chi connectivity index (χ1) is 5.22. The van der Waals surface area contributed by atoms with Crippen LogP contribution >= 0.6 is 11.5 Å². The summed E-state index contributed by atoms with van der Waals surface area (Å²) in [4.78, 5) is 4.25. The first-order valence-electron chi connectivity index (χ1n) is 3.74. The SMILES string of the molecule is CC(C)Cc1nc(CN)ns1. The minimum absolute atomic E-state index is 0.453. The number of hydrogen-bond acceptors (Lipinski definition) is 4. The highest BCUT2D eigenvalue weighted by Gasteiger charge is 2.03. The summed E-state index contributed by atoms with van der Waals surface area (Å²) in [6.45, 7) is 4.79. The van der Waals surface area contributed by atoms with Crippen molar-refractivity contribution in [3.63, 3.8) is 0 Å². The average Bonchev–Trinajstić information content (AvgIpc) is 2.34. The van der Waals surface area contributed by atoms with E-state index in [1.165, 1.54) is 11.5 Å². The van der Waals surface area contributed by atoms with Gasteiger partial charge in [0.15, 0.2) is 5.82 Å². The van der Waals surface area contributed by atoms with Gasteiger partial charge in [0, 0.05) is 6.42 Å². The molecular weight excluding hydrogens is 158 g/mol. The molecule has 0 unspecified atom stereocenters. The lowest BCUT2D eigenvalue weighted by Crippen LogP contribution is -1.99. The van der Waals surface area contributed by atoms with E-state index in [1.54, 1.807) is 0 Å². The standard InChI is InChI=1S/C7H13N3S/c1-5(2)3-7-9-6(4-8)10-11-7/h5H,3-4,8H2,1-2H3. The van der Waals surface area contributed by atoms with E-state index in [0.29, 0.717) is 12.5 Å². The van der Waals surface area contributed by atoms with Gasteiger partial charge in [0.25, 0.3) is 0 Å². The quantitative estimate of drug-likeness (QED) is 0.743. The minimum atomic E-state index is 0.453. The summed E-state index contributed by atoms with van der Waals surface area (Å²) >= 11 is 1.46. The number of nitrogens with zero attached hydrogens (tertiary/aromatic N) is 2. The van der Waals surface area contributed by atoms with Crippen molar-refractivity contribution < 1.29 is 0 Å². The van der Waals surface area contributed by atoms with Crippen LogP contribution in [-0.4, -0.2) is 9.36 Å². The van der Waals surface area contributed by atoms with Gasteiger partial charge >= 0.3 is 0 Å². The zero-order valence-electron chi connectivity index (χ0n) is 6.87. The van der Waals surface area contributed by atoms with Gasteiger partial charge in [-0.1, -0.05) is 13.8 Å². The number of rotatable bonds is 3. The molecule has 0 spiro atoms. The molecular formula is C7H13N3S. The van der Waals surface area contributed by atoms with Crippen molar-refractivity contribution in [3.05, 3.63) is 10.8 Å². The van der Waals surface area contributed by atoms with Crippen LogP contribution in [-0.2, 0) is 13.0 Å². The average molecular weight is 171 g/mol. The minimum Gasteiger partial charge on any atom is -0.324 e. The van der Waals surface area contributed by atoms with Gasteiger partial charge in [-0.25, -0.2) is 4.98 Å². The van der Waals surface area contributed by atoms with Gasteiger partial charge in [-0.2, -0.15) is 4.37 Å². The Morgan fingerprint density at radius 2 is 2.27 bits per heavy atom. The van der Waals surface area contributed by atoms with Crippen molar-refractivity contribution in [2.24, 2.45) is 11.7 Å². The zero-order chi connectivity index (χ0) is 8.27. The molecule has 0 aliphatic heterocycles. The largest absolute Gasteiger partial charge is 0.324 e. The maximum atomic E-state index is 5.38. The lowest BCUT2D eigenvalue weighted by atomic mass is 10.1. The van der Waals surface area contributed by atoms with Crippen molar-refractivity contribution in [3.8, 4) is 0 Å². The molecule has 2 N–H and O–H groups in total. The van der Waals surface area contributed by atoms with E-state index in [0.717, 1.165) is 17.3 Å². The van der Waals surface area contributed by atoms with Crippen molar-refractivity contribution in [1.29, 1.82) is 0 Å². The van der Waals surface area contributed by atoms with Crippen LogP contribution in [0.1, 0.15) is 24.7 Å². The molecule has 62 valence electrons. The normalized spacial score (nSPS) is 10.9. The number of hydrogen-bond donors (Lipinski definition) is 1. The van der Waals surface area contributed by atoms with Gasteiger partial charge in [0.1, 0.15) is 5.01 Å². The summed E-state index contributed by atoms with van der Waals surface area (Å²) < 4.78 is 4.09. The maximum absolute atomic E-state index is 5.38. The Morgan fingerprint density at radius 3 is 2.73 bits per heavy atom. The van der Waals surface area contributed by atoms with Gasteiger partial charge in [-0.3, -0.25) is 0 Å². The third kappa shape index (κ3) is 2.55. The van der Waals surface area contributed by atoms with Crippen molar-refractivity contribution >= 4 is 11.5 Å². The molecule has 0 aromatic carbocycles. The smallest absolute Gasteiger partial charge is 0.156 e.